The summed E-state index contributed by atoms with van der Waals surface area (Å²) < 4.78 is 64.4. The third-order valence-corrected chi connectivity index (χ3v) is 7.82. The van der Waals surface area contributed by atoms with E-state index >= 15 is 0 Å². The van der Waals surface area contributed by atoms with Crippen LogP contribution in [0, 0.1) is 12.7 Å². The lowest BCUT2D eigenvalue weighted by Gasteiger charge is -2.38. The normalized spacial score (nSPS) is 15.3. The molecular formula is C32H34F4N4O3. The van der Waals surface area contributed by atoms with E-state index in [-0.39, 0.29) is 23.3 Å². The van der Waals surface area contributed by atoms with Crippen LogP contribution in [0.15, 0.2) is 60.8 Å². The number of carbonyl (C=O) groups is 1. The first-order chi connectivity index (χ1) is 20.2. The third kappa shape index (κ3) is 6.31. The summed E-state index contributed by atoms with van der Waals surface area (Å²) in [4.78, 5) is 12.6. The van der Waals surface area contributed by atoms with Crippen molar-refractivity contribution < 1.29 is 32.2 Å². The molecule has 0 saturated heterocycles. The number of benzene rings is 3. The number of aromatic nitrogens is 2. The predicted octanol–water partition coefficient (Wildman–Crippen LogP) is 6.45. The Hall–Kier alpha value is -4.12. The van der Waals surface area contributed by atoms with Gasteiger partial charge in [0.1, 0.15) is 11.6 Å². The molecule has 7 nitrogen and oxygen atoms in total. The molecule has 1 fully saturated rings. The van der Waals surface area contributed by atoms with E-state index in [9.17, 15) is 27.5 Å². The number of rotatable bonds is 10. The number of nitrogens with one attached hydrogen (secondary N) is 2. The number of amides is 1. The molecule has 0 radical (unpaired) electrons. The van der Waals surface area contributed by atoms with Gasteiger partial charge in [0.2, 0.25) is 0 Å². The van der Waals surface area contributed by atoms with E-state index in [2.05, 4.69) is 15.7 Å². The Labute approximate surface area is 246 Å². The SMILES string of the molecule is COc1ccc(F)cc1C(C)(C)CC(O)(CNc1cc(C)cc2c1cnn2-c1cccc(C(=O)NC2CC2)c1)C(F)(F)F. The molecule has 1 aliphatic rings. The standard InChI is InChI=1S/C32H34F4N4O3/c1-19-12-26(24-16-38-40(27(24)13-19)23-7-5-6-20(14-23)29(41)39-22-9-10-22)37-18-31(42,32(34,35)36)17-30(2,3)25-15-21(33)8-11-28(25)43-4/h5-8,11-16,22,37,42H,9-10,17-18H2,1-4H3,(H,39,41). The van der Waals surface area contributed by atoms with Gasteiger partial charge in [0, 0.05) is 28.2 Å². The molecule has 1 atom stereocenters. The Morgan fingerprint density at radius 1 is 1.12 bits per heavy atom. The molecule has 228 valence electrons. The summed E-state index contributed by atoms with van der Waals surface area (Å²) in [5, 5.41) is 21.9. The van der Waals surface area contributed by atoms with Gasteiger partial charge in [0.25, 0.3) is 5.91 Å². The maximum atomic E-state index is 14.5. The smallest absolute Gasteiger partial charge is 0.418 e. The van der Waals surface area contributed by atoms with E-state index in [0.29, 0.717) is 27.8 Å². The van der Waals surface area contributed by atoms with E-state index in [0.717, 1.165) is 30.5 Å². The number of hydrogen-bond acceptors (Lipinski definition) is 5. The van der Waals surface area contributed by atoms with Gasteiger partial charge in [0.05, 0.1) is 31.1 Å². The van der Waals surface area contributed by atoms with Crippen LogP contribution in [-0.2, 0) is 5.41 Å². The van der Waals surface area contributed by atoms with Crippen molar-refractivity contribution in [3.05, 3.63) is 83.3 Å². The second-order valence-electron chi connectivity index (χ2n) is 11.9. The van der Waals surface area contributed by atoms with E-state index in [1.165, 1.54) is 33.2 Å². The van der Waals surface area contributed by atoms with Crippen molar-refractivity contribution in [1.82, 2.24) is 15.1 Å². The quantitative estimate of drug-likeness (QED) is 0.183. The molecule has 3 aromatic carbocycles. The van der Waals surface area contributed by atoms with Crippen molar-refractivity contribution in [2.45, 2.75) is 63.3 Å². The lowest BCUT2D eigenvalue weighted by atomic mass is 9.74. The second kappa shape index (κ2) is 11.2. The summed E-state index contributed by atoms with van der Waals surface area (Å²) in [5.74, 6) is -0.568. The van der Waals surface area contributed by atoms with Crippen LogP contribution in [0.2, 0.25) is 0 Å². The fourth-order valence-electron chi connectivity index (χ4n) is 5.43. The molecule has 1 unspecified atom stereocenters. The Bertz CT molecular complexity index is 1660. The number of fused-ring (bicyclic) bond motifs is 1. The number of halogens is 4. The minimum Gasteiger partial charge on any atom is -0.496 e. The van der Waals surface area contributed by atoms with Crippen LogP contribution in [0.5, 0.6) is 5.75 Å². The van der Waals surface area contributed by atoms with Gasteiger partial charge in [-0.2, -0.15) is 18.3 Å². The third-order valence-electron chi connectivity index (χ3n) is 7.82. The molecule has 5 rings (SSSR count). The van der Waals surface area contributed by atoms with Gasteiger partial charge in [-0.05, 0) is 85.7 Å². The number of alkyl halides is 3. The first-order valence-corrected chi connectivity index (χ1v) is 14.0. The molecule has 0 spiro atoms. The van der Waals surface area contributed by atoms with Crippen molar-refractivity contribution in [2.75, 3.05) is 19.0 Å². The van der Waals surface area contributed by atoms with Gasteiger partial charge in [-0.25, -0.2) is 9.07 Å². The highest BCUT2D eigenvalue weighted by Gasteiger charge is 2.56. The van der Waals surface area contributed by atoms with Crippen LogP contribution in [0.25, 0.3) is 16.6 Å². The molecule has 1 aromatic heterocycles. The number of hydrogen-bond donors (Lipinski definition) is 3. The Balaban J connectivity index is 1.44. The fraction of sp³-hybridized carbons (Fsp3) is 0.375. The van der Waals surface area contributed by atoms with Crippen molar-refractivity contribution in [3.8, 4) is 11.4 Å². The number of carbonyl (C=O) groups excluding carboxylic acids is 1. The molecule has 0 aliphatic heterocycles. The summed E-state index contributed by atoms with van der Waals surface area (Å²) in [6.07, 6.45) is -2.32. The molecule has 1 amide bonds. The number of nitrogens with zero attached hydrogens (tertiary/aromatic N) is 2. The van der Waals surface area contributed by atoms with Gasteiger partial charge in [-0.1, -0.05) is 19.9 Å². The zero-order valence-corrected chi connectivity index (χ0v) is 24.3. The molecular weight excluding hydrogens is 564 g/mol. The first-order valence-electron chi connectivity index (χ1n) is 14.0. The summed E-state index contributed by atoms with van der Waals surface area (Å²) in [6.45, 7) is 3.96. The fourth-order valence-corrected chi connectivity index (χ4v) is 5.43. The van der Waals surface area contributed by atoms with Gasteiger partial charge >= 0.3 is 6.18 Å². The van der Waals surface area contributed by atoms with Crippen molar-refractivity contribution in [3.63, 3.8) is 0 Å². The average molecular weight is 599 g/mol. The van der Waals surface area contributed by atoms with Crippen molar-refractivity contribution in [2.24, 2.45) is 0 Å². The summed E-state index contributed by atoms with van der Waals surface area (Å²) in [6, 6.07) is 14.4. The monoisotopic (exact) mass is 598 g/mol. The lowest BCUT2D eigenvalue weighted by Crippen LogP contribution is -2.53. The number of methoxy groups -OCH3 is 1. The van der Waals surface area contributed by atoms with Crippen molar-refractivity contribution >= 4 is 22.5 Å². The maximum absolute atomic E-state index is 14.5. The van der Waals surface area contributed by atoms with Crippen LogP contribution in [-0.4, -0.2) is 52.3 Å². The molecule has 1 heterocycles. The van der Waals surface area contributed by atoms with E-state index in [1.807, 2.05) is 6.07 Å². The molecule has 4 aromatic rings. The lowest BCUT2D eigenvalue weighted by molar-refractivity contribution is -0.260. The summed E-state index contributed by atoms with van der Waals surface area (Å²) in [7, 11) is 1.35. The summed E-state index contributed by atoms with van der Waals surface area (Å²) >= 11 is 0. The minimum absolute atomic E-state index is 0.176. The predicted molar refractivity (Wildman–Crippen MR) is 156 cm³/mol. The van der Waals surface area contributed by atoms with Gasteiger partial charge < -0.3 is 20.5 Å². The van der Waals surface area contributed by atoms with Crippen LogP contribution in [0.4, 0.5) is 23.2 Å². The molecule has 43 heavy (non-hydrogen) atoms. The van der Waals surface area contributed by atoms with E-state index in [1.54, 1.807) is 41.9 Å². The number of anilines is 1. The largest absolute Gasteiger partial charge is 0.496 e. The van der Waals surface area contributed by atoms with Crippen LogP contribution in [0.3, 0.4) is 0 Å². The average Bonchev–Trinajstić information content (AvgIpc) is 3.66. The highest BCUT2D eigenvalue weighted by Crippen LogP contribution is 2.44. The van der Waals surface area contributed by atoms with Crippen LogP contribution in [0.1, 0.15) is 54.6 Å². The van der Waals surface area contributed by atoms with Gasteiger partial charge in [0.15, 0.2) is 5.60 Å². The molecule has 0 bridgehead atoms. The zero-order valence-electron chi connectivity index (χ0n) is 24.3. The highest BCUT2D eigenvalue weighted by atomic mass is 19.4. The Morgan fingerprint density at radius 2 is 1.86 bits per heavy atom. The Morgan fingerprint density at radius 3 is 2.53 bits per heavy atom. The zero-order chi connectivity index (χ0) is 31.2. The number of ether oxygens (including phenoxy) is 1. The molecule has 3 N–H and O–H groups in total. The minimum atomic E-state index is -5.01. The summed E-state index contributed by atoms with van der Waals surface area (Å²) in [5.41, 5.74) is -1.47. The van der Waals surface area contributed by atoms with Gasteiger partial charge in [-0.3, -0.25) is 4.79 Å². The van der Waals surface area contributed by atoms with E-state index < -0.39 is 36.0 Å². The van der Waals surface area contributed by atoms with Crippen LogP contribution < -0.4 is 15.4 Å². The van der Waals surface area contributed by atoms with Crippen molar-refractivity contribution in [1.29, 1.82) is 0 Å². The maximum Gasteiger partial charge on any atom is 0.418 e. The topological polar surface area (TPSA) is 88.4 Å². The molecule has 11 heteroatoms. The molecule has 1 aliphatic carbocycles. The van der Waals surface area contributed by atoms with Gasteiger partial charge in [-0.15, -0.1) is 0 Å². The molecule has 1 saturated carbocycles. The highest BCUT2D eigenvalue weighted by molar-refractivity contribution is 5.96. The van der Waals surface area contributed by atoms with Crippen LogP contribution >= 0.6 is 0 Å². The Kier molecular flexibility index (Phi) is 7.89. The first kappa shape index (κ1) is 30.3. The number of aliphatic hydroxyl groups is 1. The van der Waals surface area contributed by atoms with E-state index in [4.69, 9.17) is 4.74 Å². The second-order valence-corrected chi connectivity index (χ2v) is 11.9. The number of aryl methyl sites for hydroxylation is 1.